The van der Waals surface area contributed by atoms with Gasteiger partial charge in [0.15, 0.2) is 0 Å². The zero-order valence-electron chi connectivity index (χ0n) is 13.3. The zero-order valence-corrected chi connectivity index (χ0v) is 14.1. The normalized spacial score (nSPS) is 17.8. The SMILES string of the molecule is COCC1(CNS(=O)(=O)c2cc(C(=O)OC)co2)CCNCC1. The minimum absolute atomic E-state index is 0.0568. The predicted molar refractivity (Wildman–Crippen MR) is 81.6 cm³/mol. The van der Waals surface area contributed by atoms with Gasteiger partial charge in [-0.25, -0.2) is 17.9 Å². The monoisotopic (exact) mass is 346 g/mol. The van der Waals surface area contributed by atoms with Crippen LogP contribution >= 0.6 is 0 Å². The van der Waals surface area contributed by atoms with Crippen LogP contribution in [0.3, 0.4) is 0 Å². The number of hydrogen-bond donors (Lipinski definition) is 2. The predicted octanol–water partition coefficient (Wildman–Crippen LogP) is 0.361. The van der Waals surface area contributed by atoms with Gasteiger partial charge in [-0.05, 0) is 25.9 Å². The lowest BCUT2D eigenvalue weighted by Gasteiger charge is -2.36. The van der Waals surface area contributed by atoms with Crippen LogP contribution in [0.5, 0.6) is 0 Å². The highest BCUT2D eigenvalue weighted by Crippen LogP contribution is 2.29. The van der Waals surface area contributed by atoms with Gasteiger partial charge in [-0.15, -0.1) is 0 Å². The molecule has 130 valence electrons. The first kappa shape index (κ1) is 17.9. The van der Waals surface area contributed by atoms with Crippen molar-refractivity contribution in [2.45, 2.75) is 17.9 Å². The Morgan fingerprint density at radius 1 is 1.39 bits per heavy atom. The maximum absolute atomic E-state index is 12.3. The Balaban J connectivity index is 2.08. The van der Waals surface area contributed by atoms with Crippen molar-refractivity contribution in [1.82, 2.24) is 10.0 Å². The number of sulfonamides is 1. The standard InChI is InChI=1S/C14H22N2O6S/c1-20-10-14(3-5-15-6-4-14)9-16-23(18,19)12-7-11(8-22-12)13(17)21-2/h7-8,15-16H,3-6,9-10H2,1-2H3. The molecule has 0 aromatic carbocycles. The van der Waals surface area contributed by atoms with Gasteiger partial charge in [0.05, 0.1) is 19.3 Å². The Morgan fingerprint density at radius 2 is 2.09 bits per heavy atom. The molecule has 0 atom stereocenters. The molecule has 1 fully saturated rings. The number of carbonyl (C=O) groups is 1. The van der Waals surface area contributed by atoms with Crippen LogP contribution in [0.2, 0.25) is 0 Å². The molecule has 2 rings (SSSR count). The van der Waals surface area contributed by atoms with Crippen molar-refractivity contribution in [2.75, 3.05) is 40.5 Å². The van der Waals surface area contributed by atoms with E-state index in [1.807, 2.05) is 0 Å². The highest BCUT2D eigenvalue weighted by Gasteiger charge is 2.34. The van der Waals surface area contributed by atoms with E-state index in [-0.39, 0.29) is 22.6 Å². The molecule has 0 bridgehead atoms. The summed E-state index contributed by atoms with van der Waals surface area (Å²) in [4.78, 5) is 11.4. The fourth-order valence-corrected chi connectivity index (χ4v) is 3.73. The summed E-state index contributed by atoms with van der Waals surface area (Å²) in [5.74, 6) is -0.649. The van der Waals surface area contributed by atoms with Gasteiger partial charge >= 0.3 is 5.97 Å². The fraction of sp³-hybridized carbons (Fsp3) is 0.643. The average Bonchev–Trinajstić information content (AvgIpc) is 3.05. The lowest BCUT2D eigenvalue weighted by atomic mass is 9.80. The summed E-state index contributed by atoms with van der Waals surface area (Å²) in [6, 6.07) is 1.15. The highest BCUT2D eigenvalue weighted by molar-refractivity contribution is 7.89. The van der Waals surface area contributed by atoms with Crippen LogP contribution in [0.1, 0.15) is 23.2 Å². The van der Waals surface area contributed by atoms with E-state index in [0.717, 1.165) is 38.3 Å². The van der Waals surface area contributed by atoms with E-state index in [9.17, 15) is 13.2 Å². The van der Waals surface area contributed by atoms with Crippen LogP contribution in [0, 0.1) is 5.41 Å². The molecule has 0 spiro atoms. The number of methoxy groups -OCH3 is 2. The first-order valence-corrected chi connectivity index (χ1v) is 8.77. The van der Waals surface area contributed by atoms with Crippen molar-refractivity contribution in [3.8, 4) is 0 Å². The number of carbonyl (C=O) groups excluding carboxylic acids is 1. The summed E-state index contributed by atoms with van der Waals surface area (Å²) < 4.78 is 42.0. The highest BCUT2D eigenvalue weighted by atomic mass is 32.2. The van der Waals surface area contributed by atoms with Gasteiger partial charge in [-0.1, -0.05) is 0 Å². The second-order valence-electron chi connectivity index (χ2n) is 5.65. The van der Waals surface area contributed by atoms with Crippen molar-refractivity contribution in [2.24, 2.45) is 5.41 Å². The largest absolute Gasteiger partial charge is 0.465 e. The molecule has 0 aliphatic carbocycles. The lowest BCUT2D eigenvalue weighted by Crippen LogP contribution is -2.47. The van der Waals surface area contributed by atoms with Crippen molar-refractivity contribution < 1.29 is 27.1 Å². The van der Waals surface area contributed by atoms with Crippen molar-refractivity contribution in [3.05, 3.63) is 17.9 Å². The summed E-state index contributed by atoms with van der Waals surface area (Å²) in [7, 11) is -1.02. The van der Waals surface area contributed by atoms with Gasteiger partial charge in [0.2, 0.25) is 5.09 Å². The number of ether oxygens (including phenoxy) is 2. The Labute approximate surface area is 135 Å². The molecule has 0 saturated carbocycles. The Hall–Kier alpha value is -1.42. The molecule has 0 unspecified atom stereocenters. The number of piperidine rings is 1. The van der Waals surface area contributed by atoms with Crippen LogP contribution in [-0.4, -0.2) is 54.8 Å². The topological polar surface area (TPSA) is 107 Å². The molecule has 8 nitrogen and oxygen atoms in total. The molecule has 1 aliphatic heterocycles. The third-order valence-corrected chi connectivity index (χ3v) is 5.28. The maximum Gasteiger partial charge on any atom is 0.341 e. The van der Waals surface area contributed by atoms with Gasteiger partial charge < -0.3 is 19.2 Å². The number of esters is 1. The molecule has 1 aliphatic rings. The zero-order chi connectivity index (χ0) is 16.9. The molecular weight excluding hydrogens is 324 g/mol. The third-order valence-electron chi connectivity index (χ3n) is 4.01. The second-order valence-corrected chi connectivity index (χ2v) is 7.35. The number of furan rings is 1. The summed E-state index contributed by atoms with van der Waals surface area (Å²) in [6.45, 7) is 2.36. The quantitative estimate of drug-likeness (QED) is 0.687. The molecule has 9 heteroatoms. The number of rotatable bonds is 7. The van der Waals surface area contributed by atoms with Gasteiger partial charge in [-0.3, -0.25) is 0 Å². The van der Waals surface area contributed by atoms with Gasteiger partial charge in [0.25, 0.3) is 10.0 Å². The van der Waals surface area contributed by atoms with Crippen molar-refractivity contribution >= 4 is 16.0 Å². The Bertz CT molecular complexity index is 628. The van der Waals surface area contributed by atoms with Crippen LogP contribution in [-0.2, 0) is 19.5 Å². The van der Waals surface area contributed by atoms with E-state index in [1.54, 1.807) is 7.11 Å². The van der Waals surface area contributed by atoms with Gasteiger partial charge in [0.1, 0.15) is 6.26 Å². The summed E-state index contributed by atoms with van der Waals surface area (Å²) >= 11 is 0. The van der Waals surface area contributed by atoms with Crippen LogP contribution < -0.4 is 10.0 Å². The molecule has 0 radical (unpaired) electrons. The fourth-order valence-electron chi connectivity index (χ4n) is 2.64. The van der Waals surface area contributed by atoms with E-state index < -0.39 is 16.0 Å². The molecule has 1 aromatic rings. The molecule has 23 heavy (non-hydrogen) atoms. The van der Waals surface area contributed by atoms with E-state index in [1.165, 1.54) is 7.11 Å². The Morgan fingerprint density at radius 3 is 2.70 bits per heavy atom. The van der Waals surface area contributed by atoms with Crippen LogP contribution in [0.25, 0.3) is 0 Å². The van der Waals surface area contributed by atoms with Crippen LogP contribution in [0.15, 0.2) is 21.8 Å². The minimum atomic E-state index is -3.84. The van der Waals surface area contributed by atoms with Crippen molar-refractivity contribution in [3.63, 3.8) is 0 Å². The van der Waals surface area contributed by atoms with Crippen LogP contribution in [0.4, 0.5) is 0 Å². The van der Waals surface area contributed by atoms with E-state index >= 15 is 0 Å². The first-order chi connectivity index (χ1) is 10.9. The molecule has 2 heterocycles. The third kappa shape index (κ3) is 4.31. The summed E-state index contributed by atoms with van der Waals surface area (Å²) in [5.41, 5.74) is -0.188. The maximum atomic E-state index is 12.3. The molecule has 1 saturated heterocycles. The van der Waals surface area contributed by atoms with E-state index in [2.05, 4.69) is 14.8 Å². The summed E-state index contributed by atoms with van der Waals surface area (Å²) in [5, 5.41) is 2.94. The molecule has 2 N–H and O–H groups in total. The smallest absolute Gasteiger partial charge is 0.341 e. The van der Waals surface area contributed by atoms with E-state index in [4.69, 9.17) is 9.15 Å². The van der Waals surface area contributed by atoms with Crippen molar-refractivity contribution in [1.29, 1.82) is 0 Å². The Kier molecular flexibility index (Phi) is 5.79. The summed E-state index contributed by atoms with van der Waals surface area (Å²) in [6.07, 6.45) is 2.69. The molecule has 1 aromatic heterocycles. The average molecular weight is 346 g/mol. The lowest BCUT2D eigenvalue weighted by molar-refractivity contribution is 0.0576. The second kappa shape index (κ2) is 7.43. The minimum Gasteiger partial charge on any atom is -0.465 e. The number of hydrogen-bond acceptors (Lipinski definition) is 7. The first-order valence-electron chi connectivity index (χ1n) is 7.29. The van der Waals surface area contributed by atoms with Gasteiger partial charge in [0, 0.05) is 25.1 Å². The van der Waals surface area contributed by atoms with Gasteiger partial charge in [-0.2, -0.15) is 0 Å². The molecule has 0 amide bonds. The molecular formula is C14H22N2O6S. The van der Waals surface area contributed by atoms with E-state index in [0.29, 0.717) is 6.61 Å². The number of nitrogens with one attached hydrogen (secondary N) is 2.